The van der Waals surface area contributed by atoms with E-state index in [9.17, 15) is 4.79 Å². The monoisotopic (exact) mass is 318 g/mol. The average molecular weight is 319 g/mol. The van der Waals surface area contributed by atoms with E-state index in [0.717, 1.165) is 0 Å². The second kappa shape index (κ2) is 6.36. The van der Waals surface area contributed by atoms with Crippen LogP contribution in [0.4, 0.5) is 0 Å². The second-order valence-corrected chi connectivity index (χ2v) is 4.53. The van der Waals surface area contributed by atoms with Gasteiger partial charge < -0.3 is 19.8 Å². The number of methoxy groups -OCH3 is 2. The van der Waals surface area contributed by atoms with Crippen LogP contribution in [0.1, 0.15) is 10.5 Å². The lowest BCUT2D eigenvalue weighted by Crippen LogP contribution is -2.34. The van der Waals surface area contributed by atoms with Crippen molar-refractivity contribution < 1.29 is 14.3 Å². The molecule has 1 amide bonds. The molecule has 0 unspecified atom stereocenters. The molecular weight excluding hydrogens is 307 g/mol. The van der Waals surface area contributed by atoms with Crippen molar-refractivity contribution in [3.05, 3.63) is 22.2 Å². The highest BCUT2D eigenvalue weighted by Crippen LogP contribution is 2.22. The first-order chi connectivity index (χ1) is 9.55. The summed E-state index contributed by atoms with van der Waals surface area (Å²) in [5, 5.41) is 2.83. The Morgan fingerprint density at radius 2 is 2.10 bits per heavy atom. The maximum atomic E-state index is 12.0. The number of nitrogens with one attached hydrogen (secondary N) is 2. The number of halogens is 2. The Morgan fingerprint density at radius 3 is 2.75 bits per heavy atom. The number of hydrogen-bond donors (Lipinski definition) is 2. The van der Waals surface area contributed by atoms with Gasteiger partial charge in [-0.25, -0.2) is 9.97 Å². The third-order valence-corrected chi connectivity index (χ3v) is 3.05. The first-order valence-electron chi connectivity index (χ1n) is 5.60. The molecule has 20 heavy (non-hydrogen) atoms. The van der Waals surface area contributed by atoms with E-state index in [1.807, 2.05) is 0 Å². The van der Waals surface area contributed by atoms with Crippen molar-refractivity contribution in [2.45, 2.75) is 6.29 Å². The molecule has 0 aliphatic carbocycles. The van der Waals surface area contributed by atoms with Crippen LogP contribution in [-0.4, -0.2) is 47.9 Å². The van der Waals surface area contributed by atoms with Gasteiger partial charge in [0.15, 0.2) is 11.4 Å². The molecule has 0 aliphatic heterocycles. The third-order valence-electron chi connectivity index (χ3n) is 2.61. The number of carbonyl (C=O) groups is 1. The number of aromatic amines is 1. The Bertz CT molecular complexity index is 627. The second-order valence-electron chi connectivity index (χ2n) is 3.84. The van der Waals surface area contributed by atoms with Crippen LogP contribution in [-0.2, 0) is 9.47 Å². The van der Waals surface area contributed by atoms with E-state index in [-0.39, 0.29) is 22.9 Å². The molecule has 2 heterocycles. The summed E-state index contributed by atoms with van der Waals surface area (Å²) < 4.78 is 9.94. The molecule has 0 aliphatic rings. The zero-order valence-corrected chi connectivity index (χ0v) is 12.2. The number of hydrogen-bond acceptors (Lipinski definition) is 5. The molecule has 0 radical (unpaired) electrons. The Kier molecular flexibility index (Phi) is 4.77. The number of nitrogens with zero attached hydrogens (tertiary/aromatic N) is 2. The minimum absolute atomic E-state index is 0.0206. The van der Waals surface area contributed by atoms with Crippen molar-refractivity contribution in [3.8, 4) is 0 Å². The van der Waals surface area contributed by atoms with Crippen molar-refractivity contribution in [1.29, 1.82) is 0 Å². The van der Waals surface area contributed by atoms with Crippen LogP contribution in [0.25, 0.3) is 11.0 Å². The summed E-state index contributed by atoms with van der Waals surface area (Å²) in [7, 11) is 2.97. The van der Waals surface area contributed by atoms with Gasteiger partial charge in [0.1, 0.15) is 11.2 Å². The van der Waals surface area contributed by atoms with Crippen molar-refractivity contribution in [1.82, 2.24) is 20.3 Å². The summed E-state index contributed by atoms with van der Waals surface area (Å²) in [4.78, 5) is 22.6. The fraction of sp³-hybridized carbons (Fsp3) is 0.364. The minimum atomic E-state index is -0.513. The highest BCUT2D eigenvalue weighted by molar-refractivity contribution is 6.35. The number of fused-ring (bicyclic) bond motifs is 1. The molecule has 2 N–H and O–H groups in total. The van der Waals surface area contributed by atoms with Gasteiger partial charge in [0.25, 0.3) is 5.91 Å². The smallest absolute Gasteiger partial charge is 0.267 e. The predicted octanol–water partition coefficient (Wildman–Crippen LogP) is 1.61. The summed E-state index contributed by atoms with van der Waals surface area (Å²) in [6.07, 6.45) is -0.513. The number of rotatable bonds is 5. The van der Waals surface area contributed by atoms with Gasteiger partial charge in [-0.2, -0.15) is 0 Å². The number of H-pyrrole nitrogens is 1. The summed E-state index contributed by atoms with van der Waals surface area (Å²) in [5.41, 5.74) is 1.22. The lowest BCUT2D eigenvalue weighted by Gasteiger charge is -2.13. The Hall–Kier alpha value is -1.41. The summed E-state index contributed by atoms with van der Waals surface area (Å²) in [5.74, 6) is -0.339. The zero-order chi connectivity index (χ0) is 14.7. The lowest BCUT2D eigenvalue weighted by atomic mass is 10.4. The minimum Gasteiger partial charge on any atom is -0.354 e. The Morgan fingerprint density at radius 1 is 1.40 bits per heavy atom. The SMILES string of the molecule is COC(CNC(=O)c1cc2nc(Cl)nc(Cl)c2[nH]1)OC. The van der Waals surface area contributed by atoms with Crippen LogP contribution >= 0.6 is 23.2 Å². The van der Waals surface area contributed by atoms with Gasteiger partial charge >= 0.3 is 0 Å². The summed E-state index contributed by atoms with van der Waals surface area (Å²) in [6, 6.07) is 1.54. The van der Waals surface area contributed by atoms with Gasteiger partial charge in [-0.15, -0.1) is 0 Å². The number of carbonyl (C=O) groups excluding carboxylic acids is 1. The van der Waals surface area contributed by atoms with Crippen LogP contribution < -0.4 is 5.32 Å². The molecule has 0 saturated carbocycles. The molecule has 2 rings (SSSR count). The summed E-state index contributed by atoms with van der Waals surface area (Å²) in [6.45, 7) is 0.210. The molecule has 9 heteroatoms. The number of ether oxygens (including phenoxy) is 2. The number of aromatic nitrogens is 3. The molecule has 0 bridgehead atoms. The first kappa shape index (κ1) is 15.0. The van der Waals surface area contributed by atoms with Crippen molar-refractivity contribution in [2.24, 2.45) is 0 Å². The van der Waals surface area contributed by atoms with Crippen LogP contribution in [0, 0.1) is 0 Å². The van der Waals surface area contributed by atoms with E-state index >= 15 is 0 Å². The fourth-order valence-electron chi connectivity index (χ4n) is 1.61. The van der Waals surface area contributed by atoms with E-state index in [1.165, 1.54) is 14.2 Å². The van der Waals surface area contributed by atoms with Gasteiger partial charge in [-0.1, -0.05) is 11.6 Å². The van der Waals surface area contributed by atoms with Gasteiger partial charge in [-0.3, -0.25) is 4.79 Å². The third kappa shape index (κ3) is 3.18. The van der Waals surface area contributed by atoms with Crippen LogP contribution in [0.5, 0.6) is 0 Å². The molecule has 108 valence electrons. The molecule has 2 aromatic rings. The highest BCUT2D eigenvalue weighted by atomic mass is 35.5. The van der Waals surface area contributed by atoms with Crippen LogP contribution in [0.15, 0.2) is 6.07 Å². The molecule has 0 saturated heterocycles. The van der Waals surface area contributed by atoms with Gasteiger partial charge in [0.05, 0.1) is 12.1 Å². The topological polar surface area (TPSA) is 89.1 Å². The fourth-order valence-corrected chi connectivity index (χ4v) is 2.05. The molecule has 0 fully saturated rings. The van der Waals surface area contributed by atoms with Crippen molar-refractivity contribution >= 4 is 40.1 Å². The average Bonchev–Trinajstić information content (AvgIpc) is 2.83. The standard InChI is InChI=1S/C11H12Cl2N4O3/c1-19-7(20-2)4-14-10(18)6-3-5-8(15-6)9(12)17-11(13)16-5/h3,7,15H,4H2,1-2H3,(H,14,18). The Labute approximate surface area is 124 Å². The largest absolute Gasteiger partial charge is 0.354 e. The van der Waals surface area contributed by atoms with Crippen molar-refractivity contribution in [3.63, 3.8) is 0 Å². The lowest BCUT2D eigenvalue weighted by molar-refractivity contribution is -0.0974. The molecule has 0 aromatic carbocycles. The number of amides is 1. The van der Waals surface area contributed by atoms with E-state index in [0.29, 0.717) is 16.7 Å². The molecule has 0 spiro atoms. The zero-order valence-electron chi connectivity index (χ0n) is 10.7. The van der Waals surface area contributed by atoms with Crippen LogP contribution in [0.2, 0.25) is 10.4 Å². The van der Waals surface area contributed by atoms with Crippen molar-refractivity contribution in [2.75, 3.05) is 20.8 Å². The van der Waals surface area contributed by atoms with Crippen LogP contribution in [0.3, 0.4) is 0 Å². The maximum absolute atomic E-state index is 12.0. The molecular formula is C11H12Cl2N4O3. The van der Waals surface area contributed by atoms with Gasteiger partial charge in [0, 0.05) is 14.2 Å². The van der Waals surface area contributed by atoms with Gasteiger partial charge in [0.2, 0.25) is 5.28 Å². The molecule has 2 aromatic heterocycles. The van der Waals surface area contributed by atoms with E-state index < -0.39 is 6.29 Å². The first-order valence-corrected chi connectivity index (χ1v) is 6.36. The molecule has 7 nitrogen and oxygen atoms in total. The maximum Gasteiger partial charge on any atom is 0.267 e. The predicted molar refractivity (Wildman–Crippen MR) is 74.0 cm³/mol. The van der Waals surface area contributed by atoms with E-state index in [4.69, 9.17) is 32.7 Å². The normalized spacial score (nSPS) is 11.2. The van der Waals surface area contributed by atoms with E-state index in [1.54, 1.807) is 6.07 Å². The summed E-state index contributed by atoms with van der Waals surface area (Å²) >= 11 is 11.6. The van der Waals surface area contributed by atoms with E-state index in [2.05, 4.69) is 20.3 Å². The Balaban J connectivity index is 2.16. The molecule has 0 atom stereocenters. The van der Waals surface area contributed by atoms with Gasteiger partial charge in [-0.05, 0) is 17.7 Å². The quantitative estimate of drug-likeness (QED) is 0.496. The highest BCUT2D eigenvalue weighted by Gasteiger charge is 2.15.